The van der Waals surface area contributed by atoms with Crippen molar-refractivity contribution >= 4 is 11.5 Å². The van der Waals surface area contributed by atoms with Gasteiger partial charge in [0, 0.05) is 0 Å². The zero-order chi connectivity index (χ0) is 13.1. The first-order chi connectivity index (χ1) is 7.84. The first-order valence-corrected chi connectivity index (χ1v) is 4.35. The standard InChI is InChI=1S/C11H6F3NO2.K/c12-11(13,14)9-3-1-7(2-4-9)8(6-15)5-10(16)17;/h1-5H,(H,16,17);/q;+1/p-1. The number of rotatable bonds is 2. The molecule has 0 bridgehead atoms. The Labute approximate surface area is 143 Å². The predicted molar refractivity (Wildman–Crippen MR) is 50.0 cm³/mol. The molecule has 0 aromatic heterocycles. The Kier molecular flexibility index (Phi) is 6.81. The summed E-state index contributed by atoms with van der Waals surface area (Å²) in [4.78, 5) is 10.2. The molecular weight excluding hydrogens is 274 g/mol. The van der Waals surface area contributed by atoms with Crippen molar-refractivity contribution in [3.63, 3.8) is 0 Å². The van der Waals surface area contributed by atoms with Crippen LogP contribution in [0.15, 0.2) is 30.3 Å². The number of carboxylic acids is 1. The molecule has 0 aliphatic heterocycles. The van der Waals surface area contributed by atoms with E-state index < -0.39 is 17.7 Å². The number of aliphatic carboxylic acids is 1. The van der Waals surface area contributed by atoms with Crippen molar-refractivity contribution in [2.24, 2.45) is 0 Å². The molecular formula is C11H5F3KNO2. The molecule has 0 amide bonds. The second-order valence-corrected chi connectivity index (χ2v) is 3.06. The second-order valence-electron chi connectivity index (χ2n) is 3.06. The molecule has 3 nitrogen and oxygen atoms in total. The molecule has 0 heterocycles. The molecule has 0 N–H and O–H groups in total. The summed E-state index contributed by atoms with van der Waals surface area (Å²) in [5.74, 6) is -1.58. The first-order valence-electron chi connectivity index (χ1n) is 4.35. The monoisotopic (exact) mass is 279 g/mol. The normalized spacial score (nSPS) is 11.3. The minimum Gasteiger partial charge on any atom is -0.545 e. The number of carboxylic acid groups (broad SMARTS) is 1. The third-order valence-corrected chi connectivity index (χ3v) is 1.91. The van der Waals surface area contributed by atoms with Crippen molar-refractivity contribution in [1.82, 2.24) is 0 Å². The van der Waals surface area contributed by atoms with E-state index in [9.17, 15) is 23.1 Å². The van der Waals surface area contributed by atoms with Crippen molar-refractivity contribution in [1.29, 1.82) is 5.26 Å². The van der Waals surface area contributed by atoms with E-state index in [-0.39, 0.29) is 62.5 Å². The molecule has 88 valence electrons. The number of hydrogen-bond donors (Lipinski definition) is 0. The summed E-state index contributed by atoms with van der Waals surface area (Å²) in [6.45, 7) is 0. The first kappa shape index (κ1) is 17.3. The van der Waals surface area contributed by atoms with Crippen LogP contribution in [0.2, 0.25) is 0 Å². The fraction of sp³-hybridized carbons (Fsp3) is 0.0909. The Hall–Kier alpha value is -0.654. The fourth-order valence-electron chi connectivity index (χ4n) is 1.14. The molecule has 0 unspecified atom stereocenters. The van der Waals surface area contributed by atoms with Gasteiger partial charge < -0.3 is 9.90 Å². The molecule has 7 heteroatoms. The van der Waals surface area contributed by atoms with Gasteiger partial charge in [0.25, 0.3) is 0 Å². The van der Waals surface area contributed by atoms with E-state index in [2.05, 4.69) is 0 Å². The van der Waals surface area contributed by atoms with Crippen molar-refractivity contribution in [3.8, 4) is 6.07 Å². The molecule has 1 aromatic carbocycles. The summed E-state index contributed by atoms with van der Waals surface area (Å²) >= 11 is 0. The van der Waals surface area contributed by atoms with Crippen LogP contribution < -0.4 is 56.5 Å². The zero-order valence-corrected chi connectivity index (χ0v) is 12.4. The molecule has 0 aliphatic carbocycles. The van der Waals surface area contributed by atoms with Gasteiger partial charge in [0.05, 0.1) is 23.2 Å². The number of halogens is 3. The predicted octanol–water partition coefficient (Wildman–Crippen LogP) is -1.63. The van der Waals surface area contributed by atoms with Crippen molar-refractivity contribution in [3.05, 3.63) is 41.5 Å². The van der Waals surface area contributed by atoms with Crippen molar-refractivity contribution in [2.75, 3.05) is 0 Å². The number of carbonyl (C=O) groups excluding carboxylic acids is 1. The van der Waals surface area contributed by atoms with Crippen LogP contribution in [0.5, 0.6) is 0 Å². The van der Waals surface area contributed by atoms with Gasteiger partial charge in [-0.2, -0.15) is 18.4 Å². The number of carbonyl (C=O) groups is 1. The summed E-state index contributed by atoms with van der Waals surface area (Å²) in [7, 11) is 0. The third-order valence-electron chi connectivity index (χ3n) is 1.91. The van der Waals surface area contributed by atoms with E-state index in [4.69, 9.17) is 5.26 Å². The molecule has 0 spiro atoms. The van der Waals surface area contributed by atoms with Gasteiger partial charge in [0.15, 0.2) is 0 Å². The van der Waals surface area contributed by atoms with Gasteiger partial charge in [-0.1, -0.05) is 12.1 Å². The van der Waals surface area contributed by atoms with Crippen LogP contribution in [0.25, 0.3) is 5.57 Å². The average Bonchev–Trinajstić information content (AvgIpc) is 2.24. The Balaban J connectivity index is 0.00000289. The van der Waals surface area contributed by atoms with Gasteiger partial charge in [-0.25, -0.2) is 0 Å². The molecule has 0 atom stereocenters. The molecule has 0 radical (unpaired) electrons. The summed E-state index contributed by atoms with van der Waals surface area (Å²) in [5.41, 5.74) is -1.05. The maximum Gasteiger partial charge on any atom is 1.00 e. The SMILES string of the molecule is N#CC(=CC(=O)[O-])c1ccc(C(F)(F)F)cc1.[K+]. The maximum absolute atomic E-state index is 12.2. The Bertz CT molecular complexity index is 501. The van der Waals surface area contributed by atoms with Crippen molar-refractivity contribution < 1.29 is 74.5 Å². The minimum absolute atomic E-state index is 0. The van der Waals surface area contributed by atoms with Crippen LogP contribution in [-0.4, -0.2) is 5.97 Å². The zero-order valence-electron chi connectivity index (χ0n) is 9.28. The largest absolute Gasteiger partial charge is 1.00 e. The van der Waals surface area contributed by atoms with Gasteiger partial charge in [-0.05, 0) is 23.8 Å². The Morgan fingerprint density at radius 3 is 2.11 bits per heavy atom. The van der Waals surface area contributed by atoms with Gasteiger partial charge in [0.1, 0.15) is 0 Å². The summed E-state index contributed by atoms with van der Waals surface area (Å²) in [6.07, 6.45) is -3.94. The molecule has 0 fully saturated rings. The van der Waals surface area contributed by atoms with Gasteiger partial charge >= 0.3 is 57.6 Å². The van der Waals surface area contributed by atoms with Crippen LogP contribution in [-0.2, 0) is 11.0 Å². The number of hydrogen-bond acceptors (Lipinski definition) is 3. The minimum atomic E-state index is -4.47. The molecule has 18 heavy (non-hydrogen) atoms. The smallest absolute Gasteiger partial charge is 0.545 e. The van der Waals surface area contributed by atoms with E-state index in [1.165, 1.54) is 0 Å². The molecule has 0 saturated heterocycles. The number of allylic oxidation sites excluding steroid dienone is 1. The molecule has 1 rings (SSSR count). The van der Waals surface area contributed by atoms with Gasteiger partial charge in [-0.3, -0.25) is 0 Å². The maximum atomic E-state index is 12.2. The Morgan fingerprint density at radius 1 is 1.28 bits per heavy atom. The average molecular weight is 279 g/mol. The quantitative estimate of drug-likeness (QED) is 0.371. The summed E-state index contributed by atoms with van der Waals surface area (Å²) in [6, 6.07) is 5.17. The Morgan fingerprint density at radius 2 is 1.78 bits per heavy atom. The summed E-state index contributed by atoms with van der Waals surface area (Å²) in [5, 5.41) is 18.9. The van der Waals surface area contributed by atoms with E-state index in [0.29, 0.717) is 6.08 Å². The molecule has 0 saturated carbocycles. The number of nitrogens with zero attached hydrogens (tertiary/aromatic N) is 1. The number of alkyl halides is 3. The van der Waals surface area contributed by atoms with Gasteiger partial charge in [-0.15, -0.1) is 0 Å². The van der Waals surface area contributed by atoms with Crippen LogP contribution in [0.1, 0.15) is 11.1 Å². The van der Waals surface area contributed by atoms with Crippen LogP contribution >= 0.6 is 0 Å². The topological polar surface area (TPSA) is 63.9 Å². The molecule has 0 aliphatic rings. The van der Waals surface area contributed by atoms with Gasteiger partial charge in [0.2, 0.25) is 0 Å². The fourth-order valence-corrected chi connectivity index (χ4v) is 1.14. The van der Waals surface area contributed by atoms with E-state index in [0.717, 1.165) is 24.3 Å². The van der Waals surface area contributed by atoms with Crippen molar-refractivity contribution in [2.45, 2.75) is 6.18 Å². The summed E-state index contributed by atoms with van der Waals surface area (Å²) < 4.78 is 36.7. The van der Waals surface area contributed by atoms with E-state index >= 15 is 0 Å². The van der Waals surface area contributed by atoms with E-state index in [1.54, 1.807) is 6.07 Å². The number of benzene rings is 1. The van der Waals surface area contributed by atoms with Crippen LogP contribution in [0, 0.1) is 11.3 Å². The molecule has 1 aromatic rings. The van der Waals surface area contributed by atoms with Crippen LogP contribution in [0.4, 0.5) is 13.2 Å². The second kappa shape index (κ2) is 7.06. The number of nitriles is 1. The third kappa shape index (κ3) is 4.92. The van der Waals surface area contributed by atoms with Crippen LogP contribution in [0.3, 0.4) is 0 Å². The van der Waals surface area contributed by atoms with E-state index in [1.807, 2.05) is 0 Å².